The van der Waals surface area contributed by atoms with E-state index in [0.717, 1.165) is 5.56 Å². The Kier molecular flexibility index (Phi) is 6.33. The molecule has 0 saturated heterocycles. The highest BCUT2D eigenvalue weighted by Crippen LogP contribution is 2.21. The molecule has 0 N–H and O–H groups in total. The molecule has 0 unspecified atom stereocenters. The van der Waals surface area contributed by atoms with Gasteiger partial charge in [0.25, 0.3) is 0 Å². The number of ketones is 2. The van der Waals surface area contributed by atoms with Crippen LogP contribution in [0.2, 0.25) is 0 Å². The number of hydrogen-bond acceptors (Lipinski definition) is 3. The number of carbonyl (C=O) groups excluding carboxylic acids is 2. The summed E-state index contributed by atoms with van der Waals surface area (Å²) in [6, 6.07) is 16.0. The van der Waals surface area contributed by atoms with Crippen LogP contribution in [0.25, 0.3) is 0 Å². The van der Waals surface area contributed by atoms with Crippen LogP contribution in [0.4, 0.5) is 13.2 Å². The molecule has 0 bridgehead atoms. The first-order valence-electron chi connectivity index (χ1n) is 7.76. The highest BCUT2D eigenvalue weighted by atomic mass is 19.4. The summed E-state index contributed by atoms with van der Waals surface area (Å²) >= 11 is 0. The molecule has 0 fully saturated rings. The predicted octanol–water partition coefficient (Wildman–Crippen LogP) is 4.75. The number of benzene rings is 2. The molecule has 2 aromatic carbocycles. The lowest BCUT2D eigenvalue weighted by atomic mass is 10.0. The lowest BCUT2D eigenvalue weighted by Crippen LogP contribution is -2.22. The lowest BCUT2D eigenvalue weighted by molar-refractivity contribution is -0.171. The van der Waals surface area contributed by atoms with Gasteiger partial charge < -0.3 is 4.74 Å². The zero-order valence-electron chi connectivity index (χ0n) is 13.4. The molecule has 0 saturated carbocycles. The fraction of sp³-hybridized carbons (Fsp3) is 0.263. The van der Waals surface area contributed by atoms with Crippen molar-refractivity contribution in [2.45, 2.75) is 32.0 Å². The standard InChI is InChI=1S/C19H17F3O3/c20-19(21,22)18(24)11-5-10-17(23)15-8-4-9-16(12-15)25-13-14-6-2-1-3-7-14/h1-4,6-9,12H,5,10-11,13H2. The van der Waals surface area contributed by atoms with Gasteiger partial charge in [0, 0.05) is 18.4 Å². The van der Waals surface area contributed by atoms with E-state index in [-0.39, 0.29) is 18.6 Å². The van der Waals surface area contributed by atoms with Crippen molar-refractivity contribution in [2.75, 3.05) is 0 Å². The minimum Gasteiger partial charge on any atom is -0.489 e. The van der Waals surface area contributed by atoms with Gasteiger partial charge in [-0.25, -0.2) is 0 Å². The minimum atomic E-state index is -4.84. The van der Waals surface area contributed by atoms with E-state index in [1.165, 1.54) is 0 Å². The van der Waals surface area contributed by atoms with Crippen LogP contribution in [0.1, 0.15) is 35.2 Å². The third-order valence-electron chi connectivity index (χ3n) is 3.53. The van der Waals surface area contributed by atoms with Crippen LogP contribution in [0.3, 0.4) is 0 Å². The van der Waals surface area contributed by atoms with Gasteiger partial charge in [0.1, 0.15) is 12.4 Å². The number of ether oxygens (including phenoxy) is 1. The van der Waals surface area contributed by atoms with E-state index >= 15 is 0 Å². The molecule has 0 amide bonds. The van der Waals surface area contributed by atoms with Crippen molar-refractivity contribution in [1.29, 1.82) is 0 Å². The highest BCUT2D eigenvalue weighted by molar-refractivity contribution is 5.96. The molecule has 0 aromatic heterocycles. The molecule has 3 nitrogen and oxygen atoms in total. The van der Waals surface area contributed by atoms with E-state index in [1.807, 2.05) is 30.3 Å². The van der Waals surface area contributed by atoms with Crippen molar-refractivity contribution in [3.8, 4) is 5.75 Å². The normalized spacial score (nSPS) is 11.2. The molecule has 0 atom stereocenters. The largest absolute Gasteiger partial charge is 0.489 e. The van der Waals surface area contributed by atoms with Crippen molar-refractivity contribution in [3.63, 3.8) is 0 Å². The second kappa shape index (κ2) is 8.46. The van der Waals surface area contributed by atoms with E-state index in [4.69, 9.17) is 4.74 Å². The summed E-state index contributed by atoms with van der Waals surface area (Å²) in [5, 5.41) is 0. The Bertz CT molecular complexity index is 724. The molecule has 2 aromatic rings. The summed E-state index contributed by atoms with van der Waals surface area (Å²) in [5.41, 5.74) is 1.33. The van der Waals surface area contributed by atoms with Crippen LogP contribution in [0.5, 0.6) is 5.75 Å². The Labute approximate surface area is 143 Å². The quantitative estimate of drug-likeness (QED) is 0.645. The Morgan fingerprint density at radius 3 is 2.32 bits per heavy atom. The maximum atomic E-state index is 12.1. The molecule has 2 rings (SSSR count). The summed E-state index contributed by atoms with van der Waals surface area (Å²) < 4.78 is 42.0. The average Bonchev–Trinajstić information content (AvgIpc) is 2.60. The lowest BCUT2D eigenvalue weighted by Gasteiger charge is -2.08. The molecular weight excluding hydrogens is 333 g/mol. The number of halogens is 3. The van der Waals surface area contributed by atoms with Gasteiger partial charge in [0.05, 0.1) is 0 Å². The van der Waals surface area contributed by atoms with Crippen LogP contribution in [-0.2, 0) is 11.4 Å². The van der Waals surface area contributed by atoms with E-state index in [9.17, 15) is 22.8 Å². The SMILES string of the molecule is O=C(CCCC(=O)C(F)(F)F)c1cccc(OCc2ccccc2)c1. The van der Waals surface area contributed by atoms with Gasteiger partial charge in [-0.1, -0.05) is 42.5 Å². The summed E-state index contributed by atoms with van der Waals surface area (Å²) in [7, 11) is 0. The number of hydrogen-bond donors (Lipinski definition) is 0. The Morgan fingerprint density at radius 1 is 0.920 bits per heavy atom. The van der Waals surface area contributed by atoms with Gasteiger partial charge in [-0.3, -0.25) is 9.59 Å². The van der Waals surface area contributed by atoms with Crippen LogP contribution in [0, 0.1) is 0 Å². The second-order valence-electron chi connectivity index (χ2n) is 5.50. The summed E-state index contributed by atoms with van der Waals surface area (Å²) in [4.78, 5) is 22.9. The number of Topliss-reactive ketones (excluding diaryl/α,β-unsaturated/α-hetero) is 2. The van der Waals surface area contributed by atoms with E-state index < -0.39 is 18.4 Å². The van der Waals surface area contributed by atoms with Crippen LogP contribution >= 0.6 is 0 Å². The third-order valence-corrected chi connectivity index (χ3v) is 3.53. The van der Waals surface area contributed by atoms with Crippen molar-refractivity contribution < 1.29 is 27.5 Å². The summed E-state index contributed by atoms with van der Waals surface area (Å²) in [5.74, 6) is -1.62. The van der Waals surface area contributed by atoms with Gasteiger partial charge in [-0.15, -0.1) is 0 Å². The van der Waals surface area contributed by atoms with Gasteiger partial charge in [0.15, 0.2) is 5.78 Å². The van der Waals surface area contributed by atoms with Crippen molar-refractivity contribution in [3.05, 3.63) is 65.7 Å². The third kappa shape index (κ3) is 6.06. The molecule has 0 aliphatic heterocycles. The maximum absolute atomic E-state index is 12.1. The molecule has 0 aliphatic carbocycles. The Morgan fingerprint density at radius 2 is 1.64 bits per heavy atom. The summed E-state index contributed by atoms with van der Waals surface area (Å²) in [6.07, 6.45) is -5.77. The zero-order valence-corrected chi connectivity index (χ0v) is 13.4. The molecular formula is C19H17F3O3. The van der Waals surface area contributed by atoms with Crippen molar-refractivity contribution in [2.24, 2.45) is 0 Å². The number of carbonyl (C=O) groups is 2. The first-order chi connectivity index (χ1) is 11.9. The molecule has 6 heteroatoms. The Hall–Kier alpha value is -2.63. The monoisotopic (exact) mass is 350 g/mol. The molecule has 0 spiro atoms. The van der Waals surface area contributed by atoms with E-state index in [2.05, 4.69) is 0 Å². The summed E-state index contributed by atoms with van der Waals surface area (Å²) in [6.45, 7) is 0.346. The first-order valence-corrected chi connectivity index (χ1v) is 7.76. The van der Waals surface area contributed by atoms with Crippen LogP contribution in [0.15, 0.2) is 54.6 Å². The molecule has 0 radical (unpaired) electrons. The van der Waals surface area contributed by atoms with Crippen LogP contribution in [-0.4, -0.2) is 17.7 Å². The molecule has 0 aliphatic rings. The number of alkyl halides is 3. The molecule has 0 heterocycles. The maximum Gasteiger partial charge on any atom is 0.449 e. The van der Waals surface area contributed by atoms with E-state index in [0.29, 0.717) is 17.9 Å². The number of rotatable bonds is 8. The fourth-order valence-corrected chi connectivity index (χ4v) is 2.20. The zero-order chi connectivity index (χ0) is 18.3. The fourth-order valence-electron chi connectivity index (χ4n) is 2.20. The van der Waals surface area contributed by atoms with Gasteiger partial charge >= 0.3 is 6.18 Å². The first kappa shape index (κ1) is 18.7. The Balaban J connectivity index is 1.87. The van der Waals surface area contributed by atoms with E-state index in [1.54, 1.807) is 24.3 Å². The van der Waals surface area contributed by atoms with Crippen molar-refractivity contribution >= 4 is 11.6 Å². The molecule has 25 heavy (non-hydrogen) atoms. The molecule has 132 valence electrons. The predicted molar refractivity (Wildman–Crippen MR) is 86.5 cm³/mol. The van der Waals surface area contributed by atoms with Crippen molar-refractivity contribution in [1.82, 2.24) is 0 Å². The smallest absolute Gasteiger partial charge is 0.449 e. The topological polar surface area (TPSA) is 43.4 Å². The van der Waals surface area contributed by atoms with Crippen LogP contribution < -0.4 is 4.74 Å². The minimum absolute atomic E-state index is 0.121. The van der Waals surface area contributed by atoms with Gasteiger partial charge in [-0.2, -0.15) is 13.2 Å². The average molecular weight is 350 g/mol. The highest BCUT2D eigenvalue weighted by Gasteiger charge is 2.37. The second-order valence-corrected chi connectivity index (χ2v) is 5.50. The van der Waals surface area contributed by atoms with Gasteiger partial charge in [-0.05, 0) is 24.1 Å². The van der Waals surface area contributed by atoms with Gasteiger partial charge in [0.2, 0.25) is 5.78 Å².